The lowest BCUT2D eigenvalue weighted by Gasteiger charge is -2.30. The average molecular weight is 226 g/mol. The maximum absolute atomic E-state index is 12.1. The second kappa shape index (κ2) is 4.72. The Morgan fingerprint density at radius 1 is 1.44 bits per heavy atom. The zero-order valence-corrected chi connectivity index (χ0v) is 9.96. The molecule has 1 saturated heterocycles. The molecule has 3 N–H and O–H groups in total. The lowest BCUT2D eigenvalue weighted by atomic mass is 9.93. The minimum atomic E-state index is -0.320. The summed E-state index contributed by atoms with van der Waals surface area (Å²) in [5.74, 6) is 0.592. The van der Waals surface area contributed by atoms with Crippen molar-refractivity contribution >= 4 is 5.91 Å². The third-order valence-electron chi connectivity index (χ3n) is 4.11. The van der Waals surface area contributed by atoms with Crippen LogP contribution in [0, 0.1) is 11.8 Å². The molecule has 1 amide bonds. The van der Waals surface area contributed by atoms with Gasteiger partial charge in [0.2, 0.25) is 5.91 Å². The zero-order valence-electron chi connectivity index (χ0n) is 9.96. The van der Waals surface area contributed by atoms with Crippen LogP contribution < -0.4 is 10.6 Å². The van der Waals surface area contributed by atoms with Crippen LogP contribution in [-0.2, 0) is 4.79 Å². The highest BCUT2D eigenvalue weighted by Gasteiger charge is 2.38. The number of nitrogens with one attached hydrogen (secondary N) is 2. The van der Waals surface area contributed by atoms with E-state index in [-0.39, 0.29) is 24.0 Å². The van der Waals surface area contributed by atoms with E-state index in [1.54, 1.807) is 0 Å². The first-order chi connectivity index (χ1) is 7.67. The Balaban J connectivity index is 1.95. The molecule has 4 heteroatoms. The van der Waals surface area contributed by atoms with Gasteiger partial charge in [-0.2, -0.15) is 0 Å². The molecule has 1 aliphatic carbocycles. The molecule has 0 aromatic rings. The van der Waals surface area contributed by atoms with Gasteiger partial charge in [-0.25, -0.2) is 0 Å². The average Bonchev–Trinajstić information content (AvgIpc) is 2.87. The fourth-order valence-electron chi connectivity index (χ4n) is 2.89. The molecule has 2 aliphatic rings. The Labute approximate surface area is 96.8 Å². The van der Waals surface area contributed by atoms with Crippen molar-refractivity contribution in [1.29, 1.82) is 0 Å². The van der Waals surface area contributed by atoms with Crippen molar-refractivity contribution in [2.24, 2.45) is 11.8 Å². The van der Waals surface area contributed by atoms with Crippen molar-refractivity contribution in [1.82, 2.24) is 10.6 Å². The highest BCUT2D eigenvalue weighted by molar-refractivity contribution is 5.80. The van der Waals surface area contributed by atoms with Crippen LogP contribution in [0.4, 0.5) is 0 Å². The smallest absolute Gasteiger partial charge is 0.225 e. The lowest BCUT2D eigenvalue weighted by Crippen LogP contribution is -2.52. The van der Waals surface area contributed by atoms with Crippen molar-refractivity contribution in [2.75, 3.05) is 19.7 Å². The van der Waals surface area contributed by atoms with Crippen LogP contribution in [-0.4, -0.2) is 36.2 Å². The first kappa shape index (κ1) is 11.9. The molecule has 92 valence electrons. The van der Waals surface area contributed by atoms with E-state index in [0.29, 0.717) is 5.92 Å². The molecule has 2 rings (SSSR count). The molecular weight excluding hydrogens is 204 g/mol. The number of amides is 1. The van der Waals surface area contributed by atoms with Gasteiger partial charge < -0.3 is 15.7 Å². The third kappa shape index (κ3) is 2.23. The summed E-state index contributed by atoms with van der Waals surface area (Å²) in [5.41, 5.74) is -0.320. The van der Waals surface area contributed by atoms with Crippen LogP contribution in [0.15, 0.2) is 0 Å². The molecule has 16 heavy (non-hydrogen) atoms. The van der Waals surface area contributed by atoms with Crippen LogP contribution in [0.25, 0.3) is 0 Å². The highest BCUT2D eigenvalue weighted by Crippen LogP contribution is 2.30. The zero-order chi connectivity index (χ0) is 11.6. The largest absolute Gasteiger partial charge is 0.394 e. The molecule has 0 aromatic heterocycles. The first-order valence-electron chi connectivity index (χ1n) is 6.30. The van der Waals surface area contributed by atoms with E-state index >= 15 is 0 Å². The summed E-state index contributed by atoms with van der Waals surface area (Å²) in [4.78, 5) is 12.1. The summed E-state index contributed by atoms with van der Waals surface area (Å²) >= 11 is 0. The van der Waals surface area contributed by atoms with E-state index in [9.17, 15) is 9.90 Å². The number of hydrogen-bond donors (Lipinski definition) is 3. The van der Waals surface area contributed by atoms with E-state index in [0.717, 1.165) is 38.8 Å². The predicted octanol–water partition coefficient (Wildman–Crippen LogP) is 0.263. The summed E-state index contributed by atoms with van der Waals surface area (Å²) in [5, 5.41) is 15.8. The van der Waals surface area contributed by atoms with Gasteiger partial charge in [0.05, 0.1) is 18.1 Å². The highest BCUT2D eigenvalue weighted by atomic mass is 16.3. The Bertz CT molecular complexity index is 262. The minimum absolute atomic E-state index is 0.0732. The quantitative estimate of drug-likeness (QED) is 0.647. The minimum Gasteiger partial charge on any atom is -0.394 e. The molecule has 0 aromatic carbocycles. The third-order valence-corrected chi connectivity index (χ3v) is 4.11. The van der Waals surface area contributed by atoms with Crippen molar-refractivity contribution in [3.8, 4) is 0 Å². The Kier molecular flexibility index (Phi) is 3.50. The Morgan fingerprint density at radius 3 is 2.62 bits per heavy atom. The number of carbonyl (C=O) groups is 1. The van der Waals surface area contributed by atoms with Crippen molar-refractivity contribution in [2.45, 2.75) is 38.1 Å². The van der Waals surface area contributed by atoms with Gasteiger partial charge in [0.25, 0.3) is 0 Å². The van der Waals surface area contributed by atoms with Gasteiger partial charge in [0.1, 0.15) is 0 Å². The Morgan fingerprint density at radius 2 is 2.12 bits per heavy atom. The second-order valence-electron chi connectivity index (χ2n) is 5.38. The van der Waals surface area contributed by atoms with Crippen LogP contribution >= 0.6 is 0 Å². The summed E-state index contributed by atoms with van der Waals surface area (Å²) < 4.78 is 0. The SMILES string of the molecule is CC1CNCC1C(=O)NC1(CO)CCCC1. The number of aliphatic hydroxyl groups excluding tert-OH is 1. The molecule has 1 saturated carbocycles. The second-order valence-corrected chi connectivity index (χ2v) is 5.38. The molecule has 0 bridgehead atoms. The molecule has 0 spiro atoms. The molecule has 0 radical (unpaired) electrons. The summed E-state index contributed by atoms with van der Waals surface area (Å²) in [6, 6.07) is 0. The lowest BCUT2D eigenvalue weighted by molar-refractivity contribution is -0.128. The molecule has 1 heterocycles. The number of aliphatic hydroxyl groups is 1. The molecule has 2 atom stereocenters. The van der Waals surface area contributed by atoms with Gasteiger partial charge in [0.15, 0.2) is 0 Å². The topological polar surface area (TPSA) is 61.4 Å². The number of rotatable bonds is 3. The number of carbonyl (C=O) groups excluding carboxylic acids is 1. The molecule has 2 fully saturated rings. The van der Waals surface area contributed by atoms with Crippen LogP contribution in [0.1, 0.15) is 32.6 Å². The molecule has 1 aliphatic heterocycles. The fraction of sp³-hybridized carbons (Fsp3) is 0.917. The van der Waals surface area contributed by atoms with Gasteiger partial charge >= 0.3 is 0 Å². The van der Waals surface area contributed by atoms with Crippen LogP contribution in [0.2, 0.25) is 0 Å². The summed E-state index contributed by atoms with van der Waals surface area (Å²) in [7, 11) is 0. The van der Waals surface area contributed by atoms with Gasteiger partial charge in [0, 0.05) is 6.54 Å². The van der Waals surface area contributed by atoms with Gasteiger partial charge in [-0.1, -0.05) is 19.8 Å². The van der Waals surface area contributed by atoms with E-state index < -0.39 is 0 Å². The molecular formula is C12H22N2O2. The summed E-state index contributed by atoms with van der Waals surface area (Å²) in [6.45, 7) is 3.87. The maximum atomic E-state index is 12.1. The monoisotopic (exact) mass is 226 g/mol. The Hall–Kier alpha value is -0.610. The van der Waals surface area contributed by atoms with E-state index in [1.165, 1.54) is 0 Å². The van der Waals surface area contributed by atoms with E-state index in [2.05, 4.69) is 17.6 Å². The van der Waals surface area contributed by atoms with Gasteiger partial charge in [-0.15, -0.1) is 0 Å². The van der Waals surface area contributed by atoms with Crippen molar-refractivity contribution in [3.05, 3.63) is 0 Å². The molecule has 4 nitrogen and oxygen atoms in total. The predicted molar refractivity (Wildman–Crippen MR) is 62.0 cm³/mol. The fourth-order valence-corrected chi connectivity index (χ4v) is 2.89. The van der Waals surface area contributed by atoms with Crippen molar-refractivity contribution in [3.63, 3.8) is 0 Å². The van der Waals surface area contributed by atoms with Crippen molar-refractivity contribution < 1.29 is 9.90 Å². The number of hydrogen-bond acceptors (Lipinski definition) is 3. The van der Waals surface area contributed by atoms with Gasteiger partial charge in [-0.3, -0.25) is 4.79 Å². The normalized spacial score (nSPS) is 32.9. The van der Waals surface area contributed by atoms with Crippen LogP contribution in [0.5, 0.6) is 0 Å². The maximum Gasteiger partial charge on any atom is 0.225 e. The first-order valence-corrected chi connectivity index (χ1v) is 6.30. The standard InChI is InChI=1S/C12H22N2O2/c1-9-6-13-7-10(9)11(16)14-12(8-15)4-2-3-5-12/h9-10,13,15H,2-8H2,1H3,(H,14,16). The summed E-state index contributed by atoms with van der Waals surface area (Å²) in [6.07, 6.45) is 4.06. The molecule has 2 unspecified atom stereocenters. The van der Waals surface area contributed by atoms with E-state index in [1.807, 2.05) is 0 Å². The van der Waals surface area contributed by atoms with E-state index in [4.69, 9.17) is 0 Å². The van der Waals surface area contributed by atoms with Gasteiger partial charge in [-0.05, 0) is 25.3 Å². The van der Waals surface area contributed by atoms with Crippen LogP contribution in [0.3, 0.4) is 0 Å².